The second-order valence-electron chi connectivity index (χ2n) is 2.98. The van der Waals surface area contributed by atoms with Crippen LogP contribution in [-0.4, -0.2) is 16.2 Å². The molecular formula is C11H8O3. The number of carbonyl (C=O) groups is 1. The third-order valence-corrected chi connectivity index (χ3v) is 2.13. The summed E-state index contributed by atoms with van der Waals surface area (Å²) in [6, 6.07) is 9.67. The van der Waals surface area contributed by atoms with Crippen molar-refractivity contribution in [2.45, 2.75) is 0 Å². The first kappa shape index (κ1) is 8.56. The van der Waals surface area contributed by atoms with Crippen LogP contribution in [0.5, 0.6) is 5.75 Å². The Labute approximate surface area is 80.2 Å². The Kier molecular flexibility index (Phi) is 1.85. The van der Waals surface area contributed by atoms with E-state index in [1.54, 1.807) is 24.3 Å². The van der Waals surface area contributed by atoms with Crippen molar-refractivity contribution in [3.8, 4) is 5.75 Å². The standard InChI is InChI=1S/C11H8O3/c12-10-6-2-3-7-8(10)4-1-5-9(7)11(13)14/h1-6,12H,(H,13,14). The van der Waals surface area contributed by atoms with Gasteiger partial charge in [-0.15, -0.1) is 0 Å². The Morgan fingerprint density at radius 1 is 1.00 bits per heavy atom. The van der Waals surface area contributed by atoms with Crippen LogP contribution in [0.1, 0.15) is 10.4 Å². The summed E-state index contributed by atoms with van der Waals surface area (Å²) < 4.78 is 0. The quantitative estimate of drug-likeness (QED) is 0.721. The molecule has 0 saturated heterocycles. The van der Waals surface area contributed by atoms with E-state index in [9.17, 15) is 9.90 Å². The number of hydrogen-bond donors (Lipinski definition) is 2. The van der Waals surface area contributed by atoms with E-state index >= 15 is 0 Å². The van der Waals surface area contributed by atoms with E-state index in [4.69, 9.17) is 5.11 Å². The Hall–Kier alpha value is -2.03. The number of fused-ring (bicyclic) bond motifs is 1. The SMILES string of the molecule is O=C(O)c1cccc2c(O)cccc12. The van der Waals surface area contributed by atoms with Gasteiger partial charge < -0.3 is 10.2 Å². The summed E-state index contributed by atoms with van der Waals surface area (Å²) in [6.45, 7) is 0. The highest BCUT2D eigenvalue weighted by Gasteiger charge is 2.08. The van der Waals surface area contributed by atoms with Gasteiger partial charge in [0.05, 0.1) is 5.56 Å². The van der Waals surface area contributed by atoms with E-state index in [0.717, 1.165) is 0 Å². The molecule has 0 aromatic heterocycles. The second-order valence-corrected chi connectivity index (χ2v) is 2.98. The maximum atomic E-state index is 10.8. The molecule has 2 N–H and O–H groups in total. The van der Waals surface area contributed by atoms with Gasteiger partial charge in [0.15, 0.2) is 0 Å². The maximum Gasteiger partial charge on any atom is 0.336 e. The van der Waals surface area contributed by atoms with Gasteiger partial charge in [0.2, 0.25) is 0 Å². The average Bonchev–Trinajstić information content (AvgIpc) is 2.17. The molecule has 3 nitrogen and oxygen atoms in total. The number of benzene rings is 2. The Balaban J connectivity index is 2.88. The van der Waals surface area contributed by atoms with E-state index in [0.29, 0.717) is 10.8 Å². The molecule has 0 heterocycles. The molecule has 3 heteroatoms. The van der Waals surface area contributed by atoms with Crippen molar-refractivity contribution in [2.75, 3.05) is 0 Å². The molecule has 0 aliphatic rings. The topological polar surface area (TPSA) is 57.5 Å². The predicted molar refractivity (Wildman–Crippen MR) is 52.6 cm³/mol. The van der Waals surface area contributed by atoms with Gasteiger partial charge in [-0.1, -0.05) is 24.3 Å². The average molecular weight is 188 g/mol. The lowest BCUT2D eigenvalue weighted by atomic mass is 10.0. The number of phenols is 1. The Bertz CT molecular complexity index is 503. The number of aromatic carboxylic acids is 1. The Morgan fingerprint density at radius 3 is 2.36 bits per heavy atom. The third-order valence-electron chi connectivity index (χ3n) is 2.13. The van der Waals surface area contributed by atoms with Crippen LogP contribution in [-0.2, 0) is 0 Å². The zero-order valence-corrected chi connectivity index (χ0v) is 7.27. The fraction of sp³-hybridized carbons (Fsp3) is 0. The van der Waals surface area contributed by atoms with Crippen molar-refractivity contribution in [1.82, 2.24) is 0 Å². The van der Waals surface area contributed by atoms with Crippen LogP contribution >= 0.6 is 0 Å². The summed E-state index contributed by atoms with van der Waals surface area (Å²) >= 11 is 0. The lowest BCUT2D eigenvalue weighted by molar-refractivity contribution is 0.0699. The van der Waals surface area contributed by atoms with Crippen LogP contribution in [0.15, 0.2) is 36.4 Å². The first-order valence-electron chi connectivity index (χ1n) is 4.14. The normalized spacial score (nSPS) is 10.3. The first-order valence-corrected chi connectivity index (χ1v) is 4.14. The summed E-state index contributed by atoms with van der Waals surface area (Å²) in [5.41, 5.74) is 0.207. The highest BCUT2D eigenvalue weighted by Crippen LogP contribution is 2.26. The molecule has 2 aromatic carbocycles. The van der Waals surface area contributed by atoms with Gasteiger partial charge >= 0.3 is 5.97 Å². The minimum absolute atomic E-state index is 0.102. The molecule has 0 unspecified atom stereocenters. The predicted octanol–water partition coefficient (Wildman–Crippen LogP) is 2.24. The van der Waals surface area contributed by atoms with Gasteiger partial charge in [0, 0.05) is 5.39 Å². The second kappa shape index (κ2) is 3.03. The number of phenolic OH excluding ortho intramolecular Hbond substituents is 1. The summed E-state index contributed by atoms with van der Waals surface area (Å²) in [4.78, 5) is 10.8. The molecule has 0 spiro atoms. The fourth-order valence-corrected chi connectivity index (χ4v) is 1.48. The highest BCUT2D eigenvalue weighted by molar-refractivity contribution is 6.05. The van der Waals surface area contributed by atoms with Crippen LogP contribution in [0.4, 0.5) is 0 Å². The molecule has 0 aliphatic heterocycles. The van der Waals surface area contributed by atoms with Crippen molar-refractivity contribution in [1.29, 1.82) is 0 Å². The van der Waals surface area contributed by atoms with Gasteiger partial charge in [-0.2, -0.15) is 0 Å². The fourth-order valence-electron chi connectivity index (χ4n) is 1.48. The largest absolute Gasteiger partial charge is 0.507 e. The van der Waals surface area contributed by atoms with Gasteiger partial charge in [0.25, 0.3) is 0 Å². The summed E-state index contributed by atoms with van der Waals surface area (Å²) in [5.74, 6) is -0.883. The van der Waals surface area contributed by atoms with Gasteiger partial charge in [-0.25, -0.2) is 4.79 Å². The monoisotopic (exact) mass is 188 g/mol. The zero-order valence-electron chi connectivity index (χ0n) is 7.27. The van der Waals surface area contributed by atoms with E-state index in [1.807, 2.05) is 0 Å². The highest BCUT2D eigenvalue weighted by atomic mass is 16.4. The molecule has 0 aliphatic carbocycles. The molecule has 2 rings (SSSR count). The van der Waals surface area contributed by atoms with Crippen molar-refractivity contribution >= 4 is 16.7 Å². The summed E-state index contributed by atoms with van der Waals surface area (Å²) in [5, 5.41) is 19.5. The van der Waals surface area contributed by atoms with E-state index in [-0.39, 0.29) is 11.3 Å². The van der Waals surface area contributed by atoms with Crippen molar-refractivity contribution in [2.24, 2.45) is 0 Å². The molecule has 0 fully saturated rings. The van der Waals surface area contributed by atoms with Gasteiger partial charge in [-0.3, -0.25) is 0 Å². The molecule has 14 heavy (non-hydrogen) atoms. The van der Waals surface area contributed by atoms with E-state index < -0.39 is 5.97 Å². The molecule has 0 radical (unpaired) electrons. The number of rotatable bonds is 1. The van der Waals surface area contributed by atoms with Gasteiger partial charge in [0.1, 0.15) is 5.75 Å². The molecule has 0 bridgehead atoms. The zero-order chi connectivity index (χ0) is 10.1. The summed E-state index contributed by atoms with van der Waals surface area (Å²) in [6.07, 6.45) is 0. The lowest BCUT2D eigenvalue weighted by Crippen LogP contribution is -1.96. The number of carboxylic acids is 1. The lowest BCUT2D eigenvalue weighted by Gasteiger charge is -2.03. The maximum absolute atomic E-state index is 10.8. The molecule has 0 saturated carbocycles. The minimum atomic E-state index is -0.985. The Morgan fingerprint density at radius 2 is 1.64 bits per heavy atom. The third kappa shape index (κ3) is 1.19. The van der Waals surface area contributed by atoms with Crippen LogP contribution in [0.25, 0.3) is 10.8 Å². The van der Waals surface area contributed by atoms with Crippen LogP contribution in [0.2, 0.25) is 0 Å². The molecule has 2 aromatic rings. The number of hydrogen-bond acceptors (Lipinski definition) is 2. The van der Waals surface area contributed by atoms with Crippen LogP contribution < -0.4 is 0 Å². The molecular weight excluding hydrogens is 180 g/mol. The molecule has 0 atom stereocenters. The van der Waals surface area contributed by atoms with E-state index in [2.05, 4.69) is 0 Å². The number of carboxylic acid groups (broad SMARTS) is 1. The summed E-state index contributed by atoms with van der Waals surface area (Å²) in [7, 11) is 0. The first-order chi connectivity index (χ1) is 6.70. The molecule has 70 valence electrons. The number of aromatic hydroxyl groups is 1. The van der Waals surface area contributed by atoms with Crippen molar-refractivity contribution in [3.05, 3.63) is 42.0 Å². The molecule has 0 amide bonds. The van der Waals surface area contributed by atoms with Crippen molar-refractivity contribution in [3.63, 3.8) is 0 Å². The van der Waals surface area contributed by atoms with E-state index in [1.165, 1.54) is 12.1 Å². The van der Waals surface area contributed by atoms with Crippen LogP contribution in [0.3, 0.4) is 0 Å². The van der Waals surface area contributed by atoms with Crippen molar-refractivity contribution < 1.29 is 15.0 Å². The smallest absolute Gasteiger partial charge is 0.336 e. The van der Waals surface area contributed by atoms with Gasteiger partial charge in [-0.05, 0) is 17.5 Å². The van der Waals surface area contributed by atoms with Crippen LogP contribution in [0, 0.1) is 0 Å². The minimum Gasteiger partial charge on any atom is -0.507 e.